The molecule has 4 aliphatic rings. The number of H-pyrrole nitrogens is 4. The van der Waals surface area contributed by atoms with Crippen molar-refractivity contribution in [2.45, 2.75) is 83.1 Å². The van der Waals surface area contributed by atoms with Crippen LogP contribution in [0.4, 0.5) is 0 Å². The molecule has 0 atom stereocenters. The van der Waals surface area contributed by atoms with Gasteiger partial charge in [0, 0.05) is 55.5 Å². The lowest BCUT2D eigenvalue weighted by Gasteiger charge is -2.13. The van der Waals surface area contributed by atoms with E-state index in [9.17, 15) is 0 Å². The SMILES string of the molecule is Cc1cc(C)c(-c2c3nc(nc4ccc([nH]4)c(-c4c(C)cc(C)cc4C)c4nc(nc5ccc2[nH]5)C=C4)C(C2=Cc4nc2nc2ccc([nH]2)c(-c2c(C)cc(C)cc2C)c2nc(nc5ccc([nH]5)c4-c4c(C)cc(C)cc4C)C=C2)=C3)c(C)c1. The van der Waals surface area contributed by atoms with Gasteiger partial charge in [-0.2, -0.15) is 0 Å². The Morgan fingerprint density at radius 1 is 0.250 bits per heavy atom. The summed E-state index contributed by atoms with van der Waals surface area (Å²) in [7, 11) is 0. The third-order valence-corrected chi connectivity index (χ3v) is 16.5. The lowest BCUT2D eigenvalue weighted by molar-refractivity contribution is 1.16. The van der Waals surface area contributed by atoms with Crippen molar-refractivity contribution in [3.63, 3.8) is 0 Å². The van der Waals surface area contributed by atoms with E-state index in [1.807, 2.05) is 36.4 Å². The van der Waals surface area contributed by atoms with E-state index in [0.717, 1.165) is 145 Å². The van der Waals surface area contributed by atoms with Gasteiger partial charge >= 0.3 is 0 Å². The van der Waals surface area contributed by atoms with Gasteiger partial charge in [0.05, 0.1) is 22.8 Å². The first-order valence-electron chi connectivity index (χ1n) is 28.6. The Balaban J connectivity index is 1.11. The fourth-order valence-electron chi connectivity index (χ4n) is 13.5. The molecule has 0 unspecified atom stereocenters. The summed E-state index contributed by atoms with van der Waals surface area (Å²) in [5, 5.41) is 0. The normalized spacial score (nSPS) is 12.8. The minimum Gasteiger partial charge on any atom is -0.340 e. The molecule has 12 heteroatoms. The van der Waals surface area contributed by atoms with Crippen LogP contribution in [0.2, 0.25) is 0 Å². The van der Waals surface area contributed by atoms with Gasteiger partial charge in [0.25, 0.3) is 0 Å². The summed E-state index contributed by atoms with van der Waals surface area (Å²) in [5.41, 5.74) is 32.5. The molecule has 84 heavy (non-hydrogen) atoms. The van der Waals surface area contributed by atoms with Gasteiger partial charge in [0.15, 0.2) is 23.3 Å². The standard InChI is InChI=1S/C72H62N12/c1-35-25-39(5)63(40(6)26-35)67-49-13-19-57(73-49)81-59-21-15-53(75-59)69(65-43(9)29-37(3)30-44(65)10)55-33-47(71(79-55)83-61-23-17-51(67)77-61)48-34-56-70(66-45(11)31-38(4)32-46(66)12)54-16-22-60(76-54)82-58-20-14-50(74-58)68(64-41(7)27-36(2)28-42(64)8)52-18-24-62(78-52)84-72(48)80-56/h13-34H,1-12H3,(H,73,75,81)(H,74,76,82)(H,77,79,83)(H,78,80,84). The van der Waals surface area contributed by atoms with E-state index < -0.39 is 0 Å². The van der Waals surface area contributed by atoms with Crippen molar-refractivity contribution in [2.75, 3.05) is 0 Å². The molecule has 0 saturated carbocycles. The minimum absolute atomic E-state index is 0.498. The Bertz CT molecular complexity index is 4640. The van der Waals surface area contributed by atoms with Crippen LogP contribution in [-0.2, 0) is 0 Å². The zero-order valence-electron chi connectivity index (χ0n) is 49.3. The fraction of sp³-hybridized carbons (Fsp3) is 0.167. The Hall–Kier alpha value is -10.2. The second-order valence-electron chi connectivity index (χ2n) is 23.2. The summed E-state index contributed by atoms with van der Waals surface area (Å²) >= 11 is 0. The van der Waals surface area contributed by atoms with E-state index in [2.05, 4.69) is 200 Å². The number of fused-ring (bicyclic) bond motifs is 16. The molecule has 10 heterocycles. The summed E-state index contributed by atoms with van der Waals surface area (Å²) in [5.74, 6) is 2.20. The van der Waals surface area contributed by atoms with Gasteiger partial charge in [-0.3, -0.25) is 0 Å². The Kier molecular flexibility index (Phi) is 12.2. The van der Waals surface area contributed by atoms with Gasteiger partial charge in [-0.15, -0.1) is 0 Å². The molecule has 0 saturated heterocycles. The Morgan fingerprint density at radius 2 is 0.512 bits per heavy atom. The number of rotatable bonds is 5. The molecule has 410 valence electrons. The number of hydrogen-bond acceptors (Lipinski definition) is 8. The van der Waals surface area contributed by atoms with Crippen LogP contribution in [-0.4, -0.2) is 59.8 Å². The van der Waals surface area contributed by atoms with Crippen LogP contribution in [0.1, 0.15) is 113 Å². The van der Waals surface area contributed by atoms with E-state index >= 15 is 0 Å². The molecule has 0 amide bonds. The van der Waals surface area contributed by atoms with E-state index in [1.165, 1.54) is 22.3 Å². The monoisotopic (exact) mass is 1090 g/mol. The number of nitrogens with one attached hydrogen (secondary N) is 4. The molecule has 4 aliphatic heterocycles. The first kappa shape index (κ1) is 51.9. The van der Waals surface area contributed by atoms with Crippen LogP contribution in [0, 0.1) is 83.1 Å². The zero-order valence-corrected chi connectivity index (χ0v) is 49.3. The van der Waals surface area contributed by atoms with Crippen LogP contribution in [0.15, 0.2) is 97.1 Å². The summed E-state index contributed by atoms with van der Waals surface area (Å²) in [6.45, 7) is 25.9. The molecular formula is C72H62N12. The fourth-order valence-corrected chi connectivity index (χ4v) is 13.5. The molecule has 12 nitrogen and oxygen atoms in total. The van der Waals surface area contributed by atoms with Gasteiger partial charge in [0.1, 0.15) is 22.6 Å². The molecule has 10 aromatic rings. The number of nitrogens with zero attached hydrogens (tertiary/aromatic N) is 8. The largest absolute Gasteiger partial charge is 0.340 e. The van der Waals surface area contributed by atoms with Gasteiger partial charge in [-0.1, -0.05) is 70.8 Å². The second kappa shape index (κ2) is 19.8. The molecule has 0 fully saturated rings. The number of aromatic amines is 4. The number of benzene rings is 4. The lowest BCUT2D eigenvalue weighted by Crippen LogP contribution is -1.95. The molecule has 16 bridgehead atoms. The van der Waals surface area contributed by atoms with Gasteiger partial charge in [-0.25, -0.2) is 39.9 Å². The maximum Gasteiger partial charge on any atom is 0.162 e. The van der Waals surface area contributed by atoms with Crippen molar-refractivity contribution in [3.8, 4) is 44.5 Å². The molecule has 0 aliphatic carbocycles. The number of aryl methyl sites for hydroxylation is 12. The molecule has 4 aromatic carbocycles. The van der Waals surface area contributed by atoms with Crippen molar-refractivity contribution >= 4 is 92.3 Å². The maximum absolute atomic E-state index is 5.65. The average Bonchev–Trinajstić information content (AvgIpc) is 2.30. The smallest absolute Gasteiger partial charge is 0.162 e. The van der Waals surface area contributed by atoms with E-state index in [0.29, 0.717) is 45.9 Å². The summed E-state index contributed by atoms with van der Waals surface area (Å²) in [6.07, 6.45) is 12.4. The Morgan fingerprint density at radius 3 is 0.798 bits per heavy atom. The topological polar surface area (TPSA) is 166 Å². The van der Waals surface area contributed by atoms with Crippen LogP contribution >= 0.6 is 0 Å². The summed E-state index contributed by atoms with van der Waals surface area (Å²) in [4.78, 5) is 58.0. The van der Waals surface area contributed by atoms with Crippen LogP contribution in [0.5, 0.6) is 0 Å². The molecule has 0 spiro atoms. The zero-order chi connectivity index (χ0) is 58.0. The van der Waals surface area contributed by atoms with Crippen LogP contribution in [0.3, 0.4) is 0 Å². The van der Waals surface area contributed by atoms with Crippen molar-refractivity contribution in [2.24, 2.45) is 0 Å². The minimum atomic E-state index is 0.498. The highest BCUT2D eigenvalue weighted by atomic mass is 15.0. The highest BCUT2D eigenvalue weighted by Crippen LogP contribution is 2.45. The number of aromatic nitrogens is 12. The van der Waals surface area contributed by atoms with E-state index in [1.54, 1.807) is 0 Å². The first-order chi connectivity index (χ1) is 40.5. The highest BCUT2D eigenvalue weighted by molar-refractivity contribution is 6.18. The van der Waals surface area contributed by atoms with E-state index in [4.69, 9.17) is 39.9 Å². The predicted molar refractivity (Wildman–Crippen MR) is 345 cm³/mol. The quantitative estimate of drug-likeness (QED) is 0.132. The highest BCUT2D eigenvalue weighted by Gasteiger charge is 2.29. The molecular weight excluding hydrogens is 1030 g/mol. The Labute approximate surface area is 487 Å². The van der Waals surface area contributed by atoms with Crippen LogP contribution in [0.25, 0.3) is 137 Å². The second-order valence-corrected chi connectivity index (χ2v) is 23.2. The van der Waals surface area contributed by atoms with Crippen LogP contribution < -0.4 is 0 Å². The average molecular weight is 1100 g/mol. The van der Waals surface area contributed by atoms with Gasteiger partial charge in [-0.05, 0) is 235 Å². The lowest BCUT2D eigenvalue weighted by atomic mass is 9.91. The predicted octanol–water partition coefficient (Wildman–Crippen LogP) is 17.0. The van der Waals surface area contributed by atoms with Gasteiger partial charge in [0.2, 0.25) is 0 Å². The van der Waals surface area contributed by atoms with Crippen molar-refractivity contribution < 1.29 is 0 Å². The van der Waals surface area contributed by atoms with Gasteiger partial charge < -0.3 is 19.9 Å². The van der Waals surface area contributed by atoms with Crippen molar-refractivity contribution in [1.29, 1.82) is 0 Å². The van der Waals surface area contributed by atoms with Crippen molar-refractivity contribution in [1.82, 2.24) is 59.8 Å². The number of allylic oxidation sites excluding steroid dienone is 2. The first-order valence-corrected chi connectivity index (χ1v) is 28.6. The third kappa shape index (κ3) is 9.02. The van der Waals surface area contributed by atoms with Crippen molar-refractivity contribution in [3.05, 3.63) is 210 Å². The van der Waals surface area contributed by atoms with E-state index in [-0.39, 0.29) is 0 Å². The summed E-state index contributed by atoms with van der Waals surface area (Å²) < 4.78 is 0. The molecule has 0 radical (unpaired) electrons. The molecule has 6 aromatic heterocycles. The molecule has 4 N–H and O–H groups in total. The number of hydrogen-bond donors (Lipinski definition) is 4. The molecule has 14 rings (SSSR count). The third-order valence-electron chi connectivity index (χ3n) is 16.5. The summed E-state index contributed by atoms with van der Waals surface area (Å²) in [6, 6.07) is 34.3. The maximum atomic E-state index is 5.65.